The van der Waals surface area contributed by atoms with Gasteiger partial charge in [-0.15, -0.1) is 0 Å². The van der Waals surface area contributed by atoms with Crippen molar-refractivity contribution in [1.82, 2.24) is 9.29 Å². The Balaban J connectivity index is 1.42. The molecule has 1 aliphatic carbocycles. The number of fused-ring (bicyclic) bond motifs is 2. The summed E-state index contributed by atoms with van der Waals surface area (Å²) in [5, 5.41) is 3.07. The van der Waals surface area contributed by atoms with E-state index >= 15 is 0 Å². The number of halogens is 2. The van der Waals surface area contributed by atoms with Crippen LogP contribution in [0, 0.1) is 11.8 Å². The van der Waals surface area contributed by atoms with E-state index in [0.717, 1.165) is 12.8 Å². The van der Waals surface area contributed by atoms with E-state index in [9.17, 15) is 13.2 Å². The van der Waals surface area contributed by atoms with Crippen molar-refractivity contribution in [3.8, 4) is 5.75 Å². The van der Waals surface area contributed by atoms with Gasteiger partial charge in [-0.05, 0) is 48.9 Å². The molecule has 32 heavy (non-hydrogen) atoms. The SMILES string of the molecule is O=C(Nc1ccc2c(n1)N(S(=O)(=O)N1C[C@H]3CCC[C@H]3C1)CCO2)c1c(Cl)cccc1Cl. The van der Waals surface area contributed by atoms with E-state index in [-0.39, 0.29) is 40.4 Å². The summed E-state index contributed by atoms with van der Waals surface area (Å²) in [6.45, 7) is 1.47. The van der Waals surface area contributed by atoms with Gasteiger partial charge in [0.25, 0.3) is 5.91 Å². The monoisotopic (exact) mass is 496 g/mol. The maximum absolute atomic E-state index is 13.5. The minimum absolute atomic E-state index is 0.125. The number of ether oxygens (including phenoxy) is 1. The fraction of sp³-hybridized carbons (Fsp3) is 0.429. The molecule has 11 heteroatoms. The second-order valence-electron chi connectivity index (χ2n) is 8.27. The number of hydrogen-bond donors (Lipinski definition) is 1. The van der Waals surface area contributed by atoms with E-state index < -0.39 is 16.1 Å². The summed E-state index contributed by atoms with van der Waals surface area (Å²) < 4.78 is 35.4. The highest BCUT2D eigenvalue weighted by Crippen LogP contribution is 2.41. The number of nitrogens with one attached hydrogen (secondary N) is 1. The van der Waals surface area contributed by atoms with Gasteiger partial charge in [0.05, 0.1) is 22.2 Å². The number of aromatic nitrogens is 1. The molecule has 3 aliphatic rings. The van der Waals surface area contributed by atoms with E-state index in [0.29, 0.717) is 30.7 Å². The van der Waals surface area contributed by atoms with Crippen LogP contribution in [0.15, 0.2) is 30.3 Å². The second-order valence-corrected chi connectivity index (χ2v) is 10.9. The summed E-state index contributed by atoms with van der Waals surface area (Å²) in [4.78, 5) is 17.1. The maximum atomic E-state index is 13.5. The molecule has 1 N–H and O–H groups in total. The number of hydrogen-bond acceptors (Lipinski definition) is 5. The first-order valence-electron chi connectivity index (χ1n) is 10.5. The summed E-state index contributed by atoms with van der Waals surface area (Å²) in [7, 11) is -3.76. The first kappa shape index (κ1) is 21.8. The Morgan fingerprint density at radius 3 is 2.47 bits per heavy atom. The Hall–Kier alpha value is -2.07. The average molecular weight is 497 g/mol. The van der Waals surface area contributed by atoms with Crippen LogP contribution in [0.4, 0.5) is 11.6 Å². The normalized spacial score (nSPS) is 22.9. The predicted octanol–water partition coefficient (Wildman–Crippen LogP) is 3.82. The molecule has 0 unspecified atom stereocenters. The van der Waals surface area contributed by atoms with Crippen molar-refractivity contribution < 1.29 is 17.9 Å². The first-order chi connectivity index (χ1) is 15.3. The van der Waals surface area contributed by atoms with Crippen LogP contribution < -0.4 is 14.4 Å². The molecule has 2 fully saturated rings. The molecule has 3 heterocycles. The van der Waals surface area contributed by atoms with E-state index in [1.807, 2.05) is 0 Å². The molecule has 5 rings (SSSR count). The first-order valence-corrected chi connectivity index (χ1v) is 12.7. The number of rotatable bonds is 4. The minimum Gasteiger partial charge on any atom is -0.488 e. The Morgan fingerprint density at radius 2 is 1.78 bits per heavy atom. The molecule has 170 valence electrons. The molecule has 1 saturated heterocycles. The standard InChI is InChI=1S/C21H22Cl2N4O4S/c22-15-5-2-6-16(23)19(15)21(28)25-18-8-7-17-20(24-18)27(9-10-31-17)32(29,30)26-11-13-3-1-4-14(13)12-26/h2,5-8,13-14H,1,3-4,9-12H2,(H,24,25,28)/t13-,14+. The van der Waals surface area contributed by atoms with Gasteiger partial charge >= 0.3 is 10.2 Å². The molecule has 2 aromatic rings. The van der Waals surface area contributed by atoms with E-state index in [1.54, 1.807) is 34.6 Å². The number of amides is 1. The molecule has 8 nitrogen and oxygen atoms in total. The Bertz CT molecular complexity index is 1140. The zero-order valence-corrected chi connectivity index (χ0v) is 19.5. The summed E-state index contributed by atoms with van der Waals surface area (Å²) in [5.74, 6) is 1.03. The largest absolute Gasteiger partial charge is 0.488 e. The van der Waals surface area contributed by atoms with E-state index in [2.05, 4.69) is 10.3 Å². The van der Waals surface area contributed by atoms with E-state index in [4.69, 9.17) is 27.9 Å². The van der Waals surface area contributed by atoms with Gasteiger partial charge in [0.1, 0.15) is 12.4 Å². The Morgan fingerprint density at radius 1 is 1.09 bits per heavy atom. The lowest BCUT2D eigenvalue weighted by Gasteiger charge is -2.32. The molecule has 0 bridgehead atoms. The van der Waals surface area contributed by atoms with Gasteiger partial charge < -0.3 is 10.1 Å². The lowest BCUT2D eigenvalue weighted by atomic mass is 10.0. The zero-order valence-electron chi connectivity index (χ0n) is 17.1. The molecule has 0 radical (unpaired) electrons. The van der Waals surface area contributed by atoms with Gasteiger partial charge in [-0.2, -0.15) is 12.7 Å². The van der Waals surface area contributed by atoms with Gasteiger partial charge in [-0.3, -0.25) is 4.79 Å². The quantitative estimate of drug-likeness (QED) is 0.694. The average Bonchev–Trinajstić information content (AvgIpc) is 3.36. The molecule has 1 aromatic heterocycles. The van der Waals surface area contributed by atoms with Gasteiger partial charge in [0.15, 0.2) is 11.6 Å². The van der Waals surface area contributed by atoms with Crippen molar-refractivity contribution in [1.29, 1.82) is 0 Å². The topological polar surface area (TPSA) is 91.8 Å². The number of carbonyl (C=O) groups excluding carboxylic acids is 1. The Labute approximate surface area is 196 Å². The van der Waals surface area contributed by atoms with Crippen LogP contribution in [0.25, 0.3) is 0 Å². The van der Waals surface area contributed by atoms with Gasteiger partial charge in [-0.1, -0.05) is 35.7 Å². The minimum atomic E-state index is -3.76. The molecule has 1 aromatic carbocycles. The molecular formula is C21H22Cl2N4O4S. The lowest BCUT2D eigenvalue weighted by Crippen LogP contribution is -2.47. The number of nitrogens with zero attached hydrogens (tertiary/aromatic N) is 3. The highest BCUT2D eigenvalue weighted by atomic mass is 35.5. The Kier molecular flexibility index (Phi) is 5.69. The molecule has 2 aliphatic heterocycles. The second kappa shape index (κ2) is 8.37. The third kappa shape index (κ3) is 3.81. The number of benzene rings is 1. The number of pyridine rings is 1. The molecule has 0 spiro atoms. The van der Waals surface area contributed by atoms with Crippen molar-refractivity contribution in [3.63, 3.8) is 0 Å². The number of anilines is 2. The van der Waals surface area contributed by atoms with Crippen molar-refractivity contribution in [2.24, 2.45) is 11.8 Å². The zero-order chi connectivity index (χ0) is 22.5. The van der Waals surface area contributed by atoms with Crippen LogP contribution in [-0.2, 0) is 10.2 Å². The van der Waals surface area contributed by atoms with Gasteiger partial charge in [-0.25, -0.2) is 9.29 Å². The van der Waals surface area contributed by atoms with Crippen LogP contribution in [0.3, 0.4) is 0 Å². The summed E-state index contributed by atoms with van der Waals surface area (Å²) >= 11 is 12.2. The summed E-state index contributed by atoms with van der Waals surface area (Å²) in [6, 6.07) is 7.93. The van der Waals surface area contributed by atoms with Crippen LogP contribution in [0.1, 0.15) is 29.6 Å². The van der Waals surface area contributed by atoms with Crippen LogP contribution in [0.5, 0.6) is 5.75 Å². The predicted molar refractivity (Wildman–Crippen MR) is 123 cm³/mol. The third-order valence-electron chi connectivity index (χ3n) is 6.36. The van der Waals surface area contributed by atoms with Crippen molar-refractivity contribution in [2.45, 2.75) is 19.3 Å². The van der Waals surface area contributed by atoms with Crippen molar-refractivity contribution in [2.75, 3.05) is 35.9 Å². The molecular weight excluding hydrogens is 475 g/mol. The summed E-state index contributed by atoms with van der Waals surface area (Å²) in [6.07, 6.45) is 3.33. The van der Waals surface area contributed by atoms with Gasteiger partial charge in [0.2, 0.25) is 0 Å². The van der Waals surface area contributed by atoms with Crippen LogP contribution in [0.2, 0.25) is 10.0 Å². The summed E-state index contributed by atoms with van der Waals surface area (Å²) in [5.41, 5.74) is 0.125. The van der Waals surface area contributed by atoms with Crippen LogP contribution >= 0.6 is 23.2 Å². The highest BCUT2D eigenvalue weighted by molar-refractivity contribution is 7.90. The fourth-order valence-electron chi connectivity index (χ4n) is 4.78. The fourth-order valence-corrected chi connectivity index (χ4v) is 7.04. The highest BCUT2D eigenvalue weighted by Gasteiger charge is 2.44. The molecule has 1 amide bonds. The molecule has 2 atom stereocenters. The third-order valence-corrected chi connectivity index (χ3v) is 8.85. The molecule has 1 saturated carbocycles. The van der Waals surface area contributed by atoms with Crippen LogP contribution in [-0.4, -0.2) is 49.9 Å². The van der Waals surface area contributed by atoms with Crippen molar-refractivity contribution in [3.05, 3.63) is 45.9 Å². The van der Waals surface area contributed by atoms with E-state index in [1.165, 1.54) is 10.7 Å². The van der Waals surface area contributed by atoms with Crippen molar-refractivity contribution >= 4 is 51.0 Å². The maximum Gasteiger partial charge on any atom is 0.305 e. The lowest BCUT2D eigenvalue weighted by molar-refractivity contribution is 0.102. The smallest absolute Gasteiger partial charge is 0.305 e. The number of carbonyl (C=O) groups is 1. The van der Waals surface area contributed by atoms with Gasteiger partial charge in [0, 0.05) is 13.1 Å².